The zero-order valence-corrected chi connectivity index (χ0v) is 5.96. The Morgan fingerprint density at radius 3 is 2.25 bits per heavy atom. The molecule has 0 atom stereocenters. The van der Waals surface area contributed by atoms with Gasteiger partial charge in [0.05, 0.1) is 0 Å². The van der Waals surface area contributed by atoms with Gasteiger partial charge in [0.2, 0.25) is 0 Å². The second-order valence-electron chi connectivity index (χ2n) is 0.697. The van der Waals surface area contributed by atoms with Gasteiger partial charge >= 0.3 is 33.9 Å². The monoisotopic (exact) mass is 106 g/mol. The molecule has 20 valence electrons. The Balaban J connectivity index is 2.30. The Kier molecular flexibility index (Phi) is 3.67. The molecule has 0 nitrogen and oxygen atoms in total. The van der Waals surface area contributed by atoms with Gasteiger partial charge in [0.1, 0.15) is 0 Å². The van der Waals surface area contributed by atoms with Gasteiger partial charge in [0, 0.05) is 0 Å². The van der Waals surface area contributed by atoms with Crippen molar-refractivity contribution < 1.29 is 17.1 Å². The van der Waals surface area contributed by atoms with Crippen LogP contribution in [-0.4, -0.2) is 0 Å². The molecule has 0 aromatic carbocycles. The Labute approximate surface area is 34.5 Å². The summed E-state index contributed by atoms with van der Waals surface area (Å²) in [6, 6.07) is 0. The van der Waals surface area contributed by atoms with Crippen molar-refractivity contribution in [1.82, 2.24) is 0 Å². The van der Waals surface area contributed by atoms with E-state index in [-0.39, 0.29) is 17.1 Å². The summed E-state index contributed by atoms with van der Waals surface area (Å²) in [4.78, 5) is 0. The molecule has 0 saturated heterocycles. The van der Waals surface area contributed by atoms with E-state index in [2.05, 4.69) is 16.8 Å². The van der Waals surface area contributed by atoms with E-state index in [1.807, 2.05) is 0 Å². The molecule has 0 fully saturated rings. The summed E-state index contributed by atoms with van der Waals surface area (Å²) in [5.74, 6) is 0. The fraction of sp³-hybridized carbons (Fsp3) is 0.333. The van der Waals surface area contributed by atoms with Crippen LogP contribution >= 0.6 is 0 Å². The summed E-state index contributed by atoms with van der Waals surface area (Å²) in [5, 5.41) is 0. The molecule has 0 amide bonds. The second kappa shape index (κ2) is 3.36. The molecule has 0 bridgehead atoms. The van der Waals surface area contributed by atoms with Crippen LogP contribution in [-0.2, 0) is 17.1 Å². The first-order valence-electron chi connectivity index (χ1n) is 1.52. The number of hydrogen-bond donors (Lipinski definition) is 0. The minimum absolute atomic E-state index is 0.125. The first-order valence-corrected chi connectivity index (χ1v) is 6.20. The van der Waals surface area contributed by atoms with Crippen LogP contribution in [0.4, 0.5) is 0 Å². The van der Waals surface area contributed by atoms with Gasteiger partial charge in [-0.25, -0.2) is 0 Å². The van der Waals surface area contributed by atoms with Crippen molar-refractivity contribution in [3.8, 4) is 0 Å². The van der Waals surface area contributed by atoms with Crippen LogP contribution in [0.25, 0.3) is 0 Å². The quantitative estimate of drug-likeness (QED) is 0.443. The second-order valence-corrected chi connectivity index (χ2v) is 3.62. The van der Waals surface area contributed by atoms with Crippen molar-refractivity contribution in [2.75, 3.05) is 0 Å². The summed E-state index contributed by atoms with van der Waals surface area (Å²) < 4.78 is 2.06. The van der Waals surface area contributed by atoms with E-state index < -0.39 is 0 Å². The molecule has 0 aliphatic carbocycles. The summed E-state index contributed by atoms with van der Waals surface area (Å²) in [7, 11) is 0. The van der Waals surface area contributed by atoms with Crippen molar-refractivity contribution in [3.63, 3.8) is 0 Å². The first kappa shape index (κ1) is 4.36. The molecule has 0 heterocycles. The normalized spacial score (nSPS) is 4.25. The third-order valence-electron chi connectivity index (χ3n) is 0.289. The van der Waals surface area contributed by atoms with Gasteiger partial charge in [-0.15, -0.1) is 0 Å². The summed E-state index contributed by atoms with van der Waals surface area (Å²) in [5.41, 5.74) is 2.25. The van der Waals surface area contributed by atoms with Gasteiger partial charge in [-0.1, -0.05) is 0 Å². The molecule has 4 heavy (non-hydrogen) atoms. The first-order chi connectivity index (χ1) is 1.91. The van der Waals surface area contributed by atoms with Crippen molar-refractivity contribution >= 4 is 0 Å². The zero-order valence-electron chi connectivity index (χ0n) is 2.99. The molecule has 0 N–H and O–H groups in total. The standard InChI is InChI=1S/C2H3.CH3.Zn/c1-2;;/h1H,2H2;1H3;. The molecule has 0 aliphatic rings. The number of hydrogen-bond acceptors (Lipinski definition) is 0. The Morgan fingerprint density at radius 1 is 2.00 bits per heavy atom. The number of rotatable bonds is 1. The van der Waals surface area contributed by atoms with Gasteiger partial charge in [0.15, 0.2) is 0 Å². The molecular weight excluding hydrogens is 101 g/mol. The van der Waals surface area contributed by atoms with E-state index in [0.717, 1.165) is 0 Å². The van der Waals surface area contributed by atoms with Gasteiger partial charge in [-0.3, -0.25) is 0 Å². The predicted octanol–water partition coefficient (Wildman–Crippen LogP) is 1.26. The summed E-state index contributed by atoms with van der Waals surface area (Å²) in [6.45, 7) is 3.56. The fourth-order valence-corrected chi connectivity index (χ4v) is 0. The van der Waals surface area contributed by atoms with Crippen molar-refractivity contribution in [2.24, 2.45) is 0 Å². The zero-order chi connectivity index (χ0) is 3.41. The molecule has 0 unspecified atom stereocenters. The van der Waals surface area contributed by atoms with Crippen LogP contribution in [0.2, 0.25) is 5.52 Å². The molecule has 0 saturated carbocycles. The van der Waals surface area contributed by atoms with Crippen LogP contribution < -0.4 is 0 Å². The van der Waals surface area contributed by atoms with E-state index in [1.165, 1.54) is 0 Å². The van der Waals surface area contributed by atoms with Gasteiger partial charge < -0.3 is 0 Å². The van der Waals surface area contributed by atoms with Crippen molar-refractivity contribution in [3.05, 3.63) is 11.2 Å². The molecule has 0 aromatic heterocycles. The van der Waals surface area contributed by atoms with E-state index in [9.17, 15) is 0 Å². The molecule has 0 spiro atoms. The molecular formula is C3H6Zn. The summed E-state index contributed by atoms with van der Waals surface area (Å²) >= 11 is -0.125. The molecule has 0 aromatic rings. The van der Waals surface area contributed by atoms with Crippen LogP contribution in [0, 0.1) is 0 Å². The van der Waals surface area contributed by atoms with Crippen molar-refractivity contribution in [2.45, 2.75) is 5.52 Å². The van der Waals surface area contributed by atoms with E-state index in [0.29, 0.717) is 0 Å². The molecule has 0 aliphatic heterocycles. The van der Waals surface area contributed by atoms with E-state index in [4.69, 9.17) is 0 Å². The van der Waals surface area contributed by atoms with Crippen LogP contribution in [0.5, 0.6) is 0 Å². The predicted molar refractivity (Wildman–Crippen MR) is 16.1 cm³/mol. The molecule has 0 radical (unpaired) electrons. The Morgan fingerprint density at radius 2 is 2.25 bits per heavy atom. The average Bonchev–Trinajstić information content (AvgIpc) is 1.37. The average molecular weight is 107 g/mol. The minimum atomic E-state index is -0.125. The SMILES string of the molecule is C=[CH][Zn][CH3]. The molecule has 0 rings (SSSR count). The van der Waals surface area contributed by atoms with Crippen LogP contribution in [0.3, 0.4) is 0 Å². The van der Waals surface area contributed by atoms with Gasteiger partial charge in [0.25, 0.3) is 0 Å². The van der Waals surface area contributed by atoms with Gasteiger partial charge in [-0.05, 0) is 0 Å². The van der Waals surface area contributed by atoms with Crippen LogP contribution in [0.1, 0.15) is 0 Å². The topological polar surface area (TPSA) is 0 Å². The maximum atomic E-state index is 3.56. The maximum absolute atomic E-state index is 3.56. The van der Waals surface area contributed by atoms with Crippen molar-refractivity contribution in [1.29, 1.82) is 0 Å². The van der Waals surface area contributed by atoms with E-state index in [1.54, 1.807) is 0 Å². The summed E-state index contributed by atoms with van der Waals surface area (Å²) in [6.07, 6.45) is 0. The van der Waals surface area contributed by atoms with Gasteiger partial charge in [-0.2, -0.15) is 0 Å². The third kappa shape index (κ3) is 2.36. The third-order valence-corrected chi connectivity index (χ3v) is 1.50. The molecule has 1 heteroatoms. The van der Waals surface area contributed by atoms with Crippen LogP contribution in [0.15, 0.2) is 11.2 Å². The Hall–Kier alpha value is 0.363. The van der Waals surface area contributed by atoms with E-state index >= 15 is 0 Å². The Bertz CT molecular complexity index is 17.2. The fourth-order valence-electron chi connectivity index (χ4n) is 0.